The van der Waals surface area contributed by atoms with Crippen LogP contribution in [0.1, 0.15) is 10.4 Å². The number of carbonyl (C=O) groups is 2. The summed E-state index contributed by atoms with van der Waals surface area (Å²) < 4.78 is 10.7. The van der Waals surface area contributed by atoms with Crippen LogP contribution < -0.4 is 9.64 Å². The highest BCUT2D eigenvalue weighted by molar-refractivity contribution is 6.04. The molecule has 7 nitrogen and oxygen atoms in total. The molecule has 4 rings (SSSR count). The molecule has 7 heteroatoms. The summed E-state index contributed by atoms with van der Waals surface area (Å²) in [5, 5.41) is 3.78. The molecule has 0 aliphatic carbocycles. The molecule has 0 N–H and O–H groups in total. The summed E-state index contributed by atoms with van der Waals surface area (Å²) in [4.78, 5) is 28.9. The van der Waals surface area contributed by atoms with Crippen LogP contribution in [0, 0.1) is 0 Å². The van der Waals surface area contributed by atoms with E-state index in [1.54, 1.807) is 12.0 Å². The second-order valence-corrected chi connectivity index (χ2v) is 6.38. The Morgan fingerprint density at radius 2 is 1.82 bits per heavy atom. The molecule has 0 spiro atoms. The average Bonchev–Trinajstić information content (AvgIpc) is 3.23. The number of rotatable bonds is 4. The minimum atomic E-state index is -0.270. The van der Waals surface area contributed by atoms with E-state index in [1.165, 1.54) is 11.1 Å². The van der Waals surface area contributed by atoms with Gasteiger partial charge in [-0.25, -0.2) is 0 Å². The number of anilines is 1. The number of benzene rings is 2. The Kier molecular flexibility index (Phi) is 4.80. The van der Waals surface area contributed by atoms with Gasteiger partial charge < -0.3 is 19.1 Å². The van der Waals surface area contributed by atoms with E-state index in [4.69, 9.17) is 9.26 Å². The van der Waals surface area contributed by atoms with E-state index in [1.807, 2.05) is 54.6 Å². The fourth-order valence-corrected chi connectivity index (χ4v) is 3.31. The molecule has 1 aliphatic heterocycles. The number of nitrogens with zero attached hydrogens (tertiary/aromatic N) is 3. The summed E-state index contributed by atoms with van der Waals surface area (Å²) in [6.07, 6.45) is 1.40. The number of piperazine rings is 1. The lowest BCUT2D eigenvalue weighted by Crippen LogP contribution is -2.52. The van der Waals surface area contributed by atoms with Crippen molar-refractivity contribution in [3.8, 4) is 17.1 Å². The van der Waals surface area contributed by atoms with Gasteiger partial charge in [0.05, 0.1) is 19.0 Å². The van der Waals surface area contributed by atoms with Crippen molar-refractivity contribution in [2.45, 2.75) is 0 Å². The molecule has 1 fully saturated rings. The van der Waals surface area contributed by atoms with Crippen LogP contribution in [0.2, 0.25) is 0 Å². The molecule has 3 aromatic rings. The molecule has 0 radical (unpaired) electrons. The summed E-state index contributed by atoms with van der Waals surface area (Å²) in [6, 6.07) is 16.7. The first-order chi connectivity index (χ1) is 13.7. The minimum absolute atomic E-state index is 0.0176. The molecule has 1 aliphatic rings. The topological polar surface area (TPSA) is 75.9 Å². The lowest BCUT2D eigenvalue weighted by Gasteiger charge is -2.34. The SMILES string of the molecule is COc1ccccc1N1CCN(C(=O)c2cnoc2-c2ccccc2)CC1=O. The van der Waals surface area contributed by atoms with Crippen LogP contribution in [-0.4, -0.2) is 48.6 Å². The lowest BCUT2D eigenvalue weighted by atomic mass is 10.1. The molecule has 2 aromatic carbocycles. The molecule has 142 valence electrons. The van der Waals surface area contributed by atoms with E-state index >= 15 is 0 Å². The number of ether oxygens (including phenoxy) is 1. The largest absolute Gasteiger partial charge is 0.495 e. The standard InChI is InChI=1S/C21H19N3O4/c1-27-18-10-6-5-9-17(18)24-12-11-23(14-19(24)25)21(26)16-13-22-28-20(16)15-7-3-2-4-8-15/h2-10,13H,11-12,14H2,1H3. The maximum atomic E-state index is 13.0. The van der Waals surface area contributed by atoms with Gasteiger partial charge in [-0.05, 0) is 12.1 Å². The summed E-state index contributed by atoms with van der Waals surface area (Å²) in [7, 11) is 1.57. The molecule has 28 heavy (non-hydrogen) atoms. The van der Waals surface area contributed by atoms with Crippen LogP contribution in [0.5, 0.6) is 5.75 Å². The van der Waals surface area contributed by atoms with Gasteiger partial charge in [0.15, 0.2) is 5.76 Å². The van der Waals surface area contributed by atoms with Gasteiger partial charge in [-0.2, -0.15) is 0 Å². The van der Waals surface area contributed by atoms with Crippen LogP contribution in [0.4, 0.5) is 5.69 Å². The minimum Gasteiger partial charge on any atom is -0.495 e. The number of hydrogen-bond donors (Lipinski definition) is 0. The summed E-state index contributed by atoms with van der Waals surface area (Å²) in [5.74, 6) is 0.598. The third kappa shape index (κ3) is 3.22. The average molecular weight is 377 g/mol. The highest BCUT2D eigenvalue weighted by Crippen LogP contribution is 2.30. The summed E-state index contributed by atoms with van der Waals surface area (Å²) in [6.45, 7) is 0.773. The normalized spacial score (nSPS) is 14.2. The van der Waals surface area contributed by atoms with Gasteiger partial charge in [0, 0.05) is 18.7 Å². The van der Waals surface area contributed by atoms with Crippen molar-refractivity contribution in [2.75, 3.05) is 31.6 Å². The van der Waals surface area contributed by atoms with Crippen molar-refractivity contribution >= 4 is 17.5 Å². The Morgan fingerprint density at radius 1 is 1.07 bits per heavy atom. The molecule has 1 saturated heterocycles. The number of methoxy groups -OCH3 is 1. The van der Waals surface area contributed by atoms with E-state index in [9.17, 15) is 9.59 Å². The summed E-state index contributed by atoms with van der Waals surface area (Å²) >= 11 is 0. The van der Waals surface area contributed by atoms with Crippen LogP contribution in [0.15, 0.2) is 65.3 Å². The quantitative estimate of drug-likeness (QED) is 0.699. The van der Waals surface area contributed by atoms with Gasteiger partial charge >= 0.3 is 0 Å². The molecule has 0 saturated carbocycles. The molecule has 2 amide bonds. The van der Waals surface area contributed by atoms with Crippen LogP contribution in [0.3, 0.4) is 0 Å². The zero-order valence-electron chi connectivity index (χ0n) is 15.4. The molecule has 1 aromatic heterocycles. The zero-order chi connectivity index (χ0) is 19.5. The predicted octanol–water partition coefficient (Wildman–Crippen LogP) is 2.84. The van der Waals surface area contributed by atoms with Gasteiger partial charge in [0.2, 0.25) is 5.91 Å². The molecule has 0 bridgehead atoms. The van der Waals surface area contributed by atoms with Gasteiger partial charge in [-0.1, -0.05) is 47.6 Å². The third-order valence-corrected chi connectivity index (χ3v) is 4.72. The van der Waals surface area contributed by atoms with Crippen LogP contribution in [-0.2, 0) is 4.79 Å². The fraction of sp³-hybridized carbons (Fsp3) is 0.190. The maximum absolute atomic E-state index is 13.0. The lowest BCUT2D eigenvalue weighted by molar-refractivity contribution is -0.120. The van der Waals surface area contributed by atoms with E-state index in [2.05, 4.69) is 5.16 Å². The number of hydrogen-bond acceptors (Lipinski definition) is 5. The first kappa shape index (κ1) is 17.8. The second-order valence-electron chi connectivity index (χ2n) is 6.38. The Balaban J connectivity index is 1.53. The monoisotopic (exact) mass is 377 g/mol. The van der Waals surface area contributed by atoms with Crippen LogP contribution >= 0.6 is 0 Å². The van der Waals surface area contributed by atoms with Gasteiger partial charge in [-0.3, -0.25) is 9.59 Å². The predicted molar refractivity (Wildman–Crippen MR) is 103 cm³/mol. The van der Waals surface area contributed by atoms with Gasteiger partial charge in [0.25, 0.3) is 5.91 Å². The maximum Gasteiger partial charge on any atom is 0.260 e. The smallest absolute Gasteiger partial charge is 0.260 e. The Morgan fingerprint density at radius 3 is 2.57 bits per heavy atom. The molecular weight excluding hydrogens is 358 g/mol. The molecule has 2 heterocycles. The zero-order valence-corrected chi connectivity index (χ0v) is 15.4. The number of aromatic nitrogens is 1. The highest BCUT2D eigenvalue weighted by atomic mass is 16.5. The van der Waals surface area contributed by atoms with Crippen LogP contribution in [0.25, 0.3) is 11.3 Å². The molecule has 0 unspecified atom stereocenters. The van der Waals surface area contributed by atoms with E-state index in [0.29, 0.717) is 35.9 Å². The second kappa shape index (κ2) is 7.56. The van der Waals surface area contributed by atoms with Gasteiger partial charge in [-0.15, -0.1) is 0 Å². The number of para-hydroxylation sites is 2. The number of carbonyl (C=O) groups excluding carboxylic acids is 2. The fourth-order valence-electron chi connectivity index (χ4n) is 3.31. The van der Waals surface area contributed by atoms with Crippen molar-refractivity contribution < 1.29 is 18.8 Å². The summed E-state index contributed by atoms with van der Waals surface area (Å²) in [5.41, 5.74) is 1.82. The van der Waals surface area contributed by atoms with Crippen molar-refractivity contribution in [3.63, 3.8) is 0 Å². The van der Waals surface area contributed by atoms with Crippen molar-refractivity contribution in [3.05, 3.63) is 66.4 Å². The van der Waals surface area contributed by atoms with Crippen molar-refractivity contribution in [2.24, 2.45) is 0 Å². The first-order valence-electron chi connectivity index (χ1n) is 8.92. The van der Waals surface area contributed by atoms with E-state index in [0.717, 1.165) is 5.56 Å². The molecular formula is C21H19N3O4. The van der Waals surface area contributed by atoms with Crippen molar-refractivity contribution in [1.29, 1.82) is 0 Å². The highest BCUT2D eigenvalue weighted by Gasteiger charge is 2.32. The first-order valence-corrected chi connectivity index (χ1v) is 8.92. The van der Waals surface area contributed by atoms with E-state index in [-0.39, 0.29) is 18.4 Å². The Labute approximate surface area is 162 Å². The Bertz CT molecular complexity index is 1000. The molecule has 0 atom stereocenters. The number of amides is 2. The van der Waals surface area contributed by atoms with Crippen molar-refractivity contribution in [1.82, 2.24) is 10.1 Å². The Hall–Kier alpha value is -3.61. The third-order valence-electron chi connectivity index (χ3n) is 4.72. The van der Waals surface area contributed by atoms with Gasteiger partial charge in [0.1, 0.15) is 17.9 Å². The van der Waals surface area contributed by atoms with E-state index < -0.39 is 0 Å².